The summed E-state index contributed by atoms with van der Waals surface area (Å²) >= 11 is 0. The zero-order valence-electron chi connectivity index (χ0n) is 19.2. The molecule has 0 unspecified atom stereocenters. The van der Waals surface area contributed by atoms with E-state index >= 15 is 0 Å². The predicted molar refractivity (Wildman–Crippen MR) is 128 cm³/mol. The van der Waals surface area contributed by atoms with Crippen molar-refractivity contribution >= 4 is 22.7 Å². The monoisotopic (exact) mass is 471 g/mol. The highest BCUT2D eigenvalue weighted by Gasteiger charge is 2.31. The summed E-state index contributed by atoms with van der Waals surface area (Å²) in [6, 6.07) is 14.3. The van der Waals surface area contributed by atoms with Crippen LogP contribution in [-0.4, -0.2) is 26.7 Å². The molecule has 0 aliphatic heterocycles. The molecule has 8 nitrogen and oxygen atoms in total. The number of anilines is 1. The largest absolute Gasteiger partial charge is 0.447 e. The van der Waals surface area contributed by atoms with E-state index in [1.165, 1.54) is 12.1 Å². The Morgan fingerprint density at radius 3 is 2.63 bits per heavy atom. The number of hydrogen-bond donors (Lipinski definition) is 1. The van der Waals surface area contributed by atoms with Crippen molar-refractivity contribution in [2.45, 2.75) is 38.8 Å². The standard InChI is InChI=1S/C26H22FN5O3/c1-15(2)34-26(33)31-22-9-4-16(12-21(22)27)24-20(14-28)19-8-7-18(35-25-29-10-3-11-30-25)13-23(19)32(24)17-5-6-17/h3-4,7-13,15,17H,5-6H2,1-2H3,(H,31,33). The molecule has 0 bridgehead atoms. The first-order chi connectivity index (χ1) is 16.9. The van der Waals surface area contributed by atoms with Gasteiger partial charge >= 0.3 is 12.1 Å². The van der Waals surface area contributed by atoms with Gasteiger partial charge in [0.15, 0.2) is 0 Å². The Morgan fingerprint density at radius 2 is 1.97 bits per heavy atom. The second-order valence-corrected chi connectivity index (χ2v) is 8.52. The van der Waals surface area contributed by atoms with Crippen LogP contribution in [0.3, 0.4) is 0 Å². The van der Waals surface area contributed by atoms with Crippen molar-refractivity contribution in [1.82, 2.24) is 14.5 Å². The van der Waals surface area contributed by atoms with Crippen LogP contribution in [0.4, 0.5) is 14.9 Å². The van der Waals surface area contributed by atoms with E-state index in [1.807, 2.05) is 12.1 Å². The van der Waals surface area contributed by atoms with Crippen molar-refractivity contribution in [3.63, 3.8) is 0 Å². The molecule has 1 aliphatic carbocycles. The van der Waals surface area contributed by atoms with Crippen LogP contribution in [0.2, 0.25) is 0 Å². The summed E-state index contributed by atoms with van der Waals surface area (Å²) in [6.45, 7) is 3.42. The number of fused-ring (bicyclic) bond motifs is 1. The SMILES string of the molecule is CC(C)OC(=O)Nc1ccc(-c2c(C#N)c3ccc(Oc4ncccn4)cc3n2C2CC2)cc1F. The topological polar surface area (TPSA) is 102 Å². The molecule has 176 valence electrons. The third kappa shape index (κ3) is 4.51. The van der Waals surface area contributed by atoms with Crippen LogP contribution >= 0.6 is 0 Å². The highest BCUT2D eigenvalue weighted by Crippen LogP contribution is 2.45. The summed E-state index contributed by atoms with van der Waals surface area (Å²) in [6.07, 6.45) is 4.04. The van der Waals surface area contributed by atoms with Crippen LogP contribution in [0.5, 0.6) is 11.8 Å². The minimum atomic E-state index is -0.730. The van der Waals surface area contributed by atoms with Gasteiger partial charge in [0.25, 0.3) is 0 Å². The second kappa shape index (κ2) is 9.06. The van der Waals surface area contributed by atoms with E-state index in [0.29, 0.717) is 22.6 Å². The van der Waals surface area contributed by atoms with Crippen molar-refractivity contribution in [3.05, 3.63) is 66.2 Å². The molecule has 5 rings (SSSR count). The van der Waals surface area contributed by atoms with E-state index in [2.05, 4.69) is 25.9 Å². The fraction of sp³-hybridized carbons (Fsp3) is 0.231. The average Bonchev–Trinajstić information content (AvgIpc) is 3.61. The number of hydrogen-bond acceptors (Lipinski definition) is 6. The van der Waals surface area contributed by atoms with Crippen molar-refractivity contribution in [3.8, 4) is 29.1 Å². The lowest BCUT2D eigenvalue weighted by atomic mass is 10.1. The third-order valence-electron chi connectivity index (χ3n) is 5.57. The number of nitrogens with one attached hydrogen (secondary N) is 1. The normalized spacial score (nSPS) is 13.0. The van der Waals surface area contributed by atoms with Crippen LogP contribution in [0.1, 0.15) is 38.3 Å². The molecule has 1 fully saturated rings. The molecule has 1 aliphatic rings. The lowest BCUT2D eigenvalue weighted by molar-refractivity contribution is 0.130. The predicted octanol–water partition coefficient (Wildman–Crippen LogP) is 6.19. The maximum atomic E-state index is 15.0. The Morgan fingerprint density at radius 1 is 1.20 bits per heavy atom. The Balaban J connectivity index is 1.57. The average molecular weight is 471 g/mol. The Hall–Kier alpha value is -4.45. The second-order valence-electron chi connectivity index (χ2n) is 8.52. The zero-order valence-corrected chi connectivity index (χ0v) is 19.2. The highest BCUT2D eigenvalue weighted by molar-refractivity contribution is 5.96. The van der Waals surface area contributed by atoms with Gasteiger partial charge in [-0.05, 0) is 57.0 Å². The van der Waals surface area contributed by atoms with Crippen molar-refractivity contribution < 1.29 is 18.7 Å². The van der Waals surface area contributed by atoms with Crippen LogP contribution in [0.25, 0.3) is 22.2 Å². The van der Waals surface area contributed by atoms with E-state index in [-0.39, 0.29) is 23.8 Å². The fourth-order valence-corrected chi connectivity index (χ4v) is 4.02. The number of nitriles is 1. The summed E-state index contributed by atoms with van der Waals surface area (Å²) in [4.78, 5) is 20.1. The molecule has 0 saturated heterocycles. The minimum absolute atomic E-state index is 0.00513. The first-order valence-corrected chi connectivity index (χ1v) is 11.2. The Kier molecular flexibility index (Phi) is 5.79. The number of rotatable bonds is 6. The number of halogens is 1. The van der Waals surface area contributed by atoms with Gasteiger partial charge in [0.2, 0.25) is 0 Å². The molecular formula is C26H22FN5O3. The number of amides is 1. The molecule has 0 radical (unpaired) electrons. The third-order valence-corrected chi connectivity index (χ3v) is 5.57. The van der Waals surface area contributed by atoms with Gasteiger partial charge < -0.3 is 14.0 Å². The van der Waals surface area contributed by atoms with Crippen molar-refractivity contribution in [2.75, 3.05) is 5.32 Å². The number of nitrogens with zero attached hydrogens (tertiary/aromatic N) is 4. The Bertz CT molecular complexity index is 1460. The van der Waals surface area contributed by atoms with Crippen LogP contribution < -0.4 is 10.1 Å². The summed E-state index contributed by atoms with van der Waals surface area (Å²) in [7, 11) is 0. The smallest absolute Gasteiger partial charge is 0.411 e. The van der Waals surface area contributed by atoms with E-state index in [1.54, 1.807) is 44.4 Å². The molecule has 2 aromatic heterocycles. The number of benzene rings is 2. The lowest BCUT2D eigenvalue weighted by Gasteiger charge is -2.13. The van der Waals surface area contributed by atoms with E-state index in [4.69, 9.17) is 9.47 Å². The number of carbonyl (C=O) groups excluding carboxylic acids is 1. The summed E-state index contributed by atoms with van der Waals surface area (Å²) in [5.74, 6) is -0.0847. The molecule has 9 heteroatoms. The first-order valence-electron chi connectivity index (χ1n) is 11.2. The maximum absolute atomic E-state index is 15.0. The maximum Gasteiger partial charge on any atom is 0.411 e. The zero-order chi connectivity index (χ0) is 24.5. The fourth-order valence-electron chi connectivity index (χ4n) is 4.02. The molecule has 1 saturated carbocycles. The molecule has 0 spiro atoms. The molecule has 1 amide bonds. The molecular weight excluding hydrogens is 449 g/mol. The van der Waals surface area contributed by atoms with E-state index in [0.717, 1.165) is 23.7 Å². The molecule has 4 aromatic rings. The van der Waals surface area contributed by atoms with Gasteiger partial charge in [-0.1, -0.05) is 6.07 Å². The minimum Gasteiger partial charge on any atom is -0.447 e. The lowest BCUT2D eigenvalue weighted by Crippen LogP contribution is -2.18. The summed E-state index contributed by atoms with van der Waals surface area (Å²) < 4.78 is 27.9. The molecule has 1 N–H and O–H groups in total. The van der Waals surface area contributed by atoms with E-state index < -0.39 is 11.9 Å². The van der Waals surface area contributed by atoms with Gasteiger partial charge in [-0.15, -0.1) is 0 Å². The van der Waals surface area contributed by atoms with Gasteiger partial charge in [-0.2, -0.15) is 5.26 Å². The van der Waals surface area contributed by atoms with Gasteiger partial charge in [0.1, 0.15) is 17.6 Å². The summed E-state index contributed by atoms with van der Waals surface area (Å²) in [5, 5.41) is 13.2. The molecule has 2 heterocycles. The number of ether oxygens (including phenoxy) is 2. The van der Waals surface area contributed by atoms with Gasteiger partial charge in [-0.3, -0.25) is 5.32 Å². The van der Waals surface area contributed by atoms with Gasteiger partial charge in [0.05, 0.1) is 28.6 Å². The highest BCUT2D eigenvalue weighted by atomic mass is 19.1. The molecule has 0 atom stereocenters. The number of aromatic nitrogens is 3. The quantitative estimate of drug-likeness (QED) is 0.360. The summed E-state index contributed by atoms with van der Waals surface area (Å²) in [5.41, 5.74) is 2.45. The Labute approximate surface area is 200 Å². The molecule has 2 aromatic carbocycles. The first kappa shape index (κ1) is 22.3. The molecule has 35 heavy (non-hydrogen) atoms. The van der Waals surface area contributed by atoms with Crippen LogP contribution in [0.15, 0.2) is 54.9 Å². The van der Waals surface area contributed by atoms with Crippen molar-refractivity contribution in [2.24, 2.45) is 0 Å². The van der Waals surface area contributed by atoms with Crippen LogP contribution in [-0.2, 0) is 4.74 Å². The van der Waals surface area contributed by atoms with Gasteiger partial charge in [-0.25, -0.2) is 19.2 Å². The van der Waals surface area contributed by atoms with E-state index in [9.17, 15) is 14.4 Å². The van der Waals surface area contributed by atoms with Crippen LogP contribution in [0, 0.1) is 17.1 Å². The van der Waals surface area contributed by atoms with Crippen molar-refractivity contribution in [1.29, 1.82) is 5.26 Å². The number of carbonyl (C=O) groups is 1. The van der Waals surface area contributed by atoms with Gasteiger partial charge in [0, 0.05) is 35.5 Å².